The van der Waals surface area contributed by atoms with Crippen molar-refractivity contribution >= 4 is 17.3 Å². The molecular formula is C13H13F2N3. The van der Waals surface area contributed by atoms with Crippen molar-refractivity contribution in [2.75, 3.05) is 17.2 Å². The molecule has 0 amide bonds. The summed E-state index contributed by atoms with van der Waals surface area (Å²) in [7, 11) is 0. The SMILES string of the molecule is CCNc1cccc(Nc2cc(F)cc(F)c2)n1. The Labute approximate surface area is 104 Å². The summed E-state index contributed by atoms with van der Waals surface area (Å²) in [5.41, 5.74) is 0.327. The summed E-state index contributed by atoms with van der Waals surface area (Å²) >= 11 is 0. The van der Waals surface area contributed by atoms with Gasteiger partial charge in [0.25, 0.3) is 0 Å². The van der Waals surface area contributed by atoms with Gasteiger partial charge in [-0.2, -0.15) is 0 Å². The molecular weight excluding hydrogens is 236 g/mol. The molecule has 0 atom stereocenters. The van der Waals surface area contributed by atoms with Gasteiger partial charge in [-0.1, -0.05) is 6.07 Å². The molecule has 1 aromatic carbocycles. The Kier molecular flexibility index (Phi) is 3.72. The maximum absolute atomic E-state index is 13.0. The third-order valence-corrected chi connectivity index (χ3v) is 2.24. The molecule has 0 saturated carbocycles. The van der Waals surface area contributed by atoms with Crippen LogP contribution in [0.25, 0.3) is 0 Å². The lowest BCUT2D eigenvalue weighted by Gasteiger charge is -2.08. The number of aromatic nitrogens is 1. The number of nitrogens with zero attached hydrogens (tertiary/aromatic N) is 1. The third kappa shape index (κ3) is 3.16. The van der Waals surface area contributed by atoms with Gasteiger partial charge in [0.15, 0.2) is 0 Å². The van der Waals surface area contributed by atoms with Gasteiger partial charge < -0.3 is 10.6 Å². The predicted octanol–water partition coefficient (Wildman–Crippen LogP) is 3.54. The Morgan fingerprint density at radius 1 is 1.06 bits per heavy atom. The highest BCUT2D eigenvalue weighted by Gasteiger charge is 2.02. The summed E-state index contributed by atoms with van der Waals surface area (Å²) in [6.45, 7) is 2.72. The van der Waals surface area contributed by atoms with Crippen LogP contribution in [-0.4, -0.2) is 11.5 Å². The van der Waals surface area contributed by atoms with Crippen LogP contribution in [0, 0.1) is 11.6 Å². The summed E-state index contributed by atoms with van der Waals surface area (Å²) in [5, 5.41) is 5.91. The third-order valence-electron chi connectivity index (χ3n) is 2.24. The van der Waals surface area contributed by atoms with Crippen molar-refractivity contribution in [3.63, 3.8) is 0 Å². The van der Waals surface area contributed by atoms with Crippen LogP contribution in [0.2, 0.25) is 0 Å². The molecule has 0 aliphatic carbocycles. The molecule has 0 saturated heterocycles. The first kappa shape index (κ1) is 12.3. The van der Waals surface area contributed by atoms with Gasteiger partial charge in [-0.3, -0.25) is 0 Å². The fourth-order valence-corrected chi connectivity index (χ4v) is 1.56. The van der Waals surface area contributed by atoms with E-state index in [4.69, 9.17) is 0 Å². The van der Waals surface area contributed by atoms with E-state index < -0.39 is 11.6 Å². The normalized spacial score (nSPS) is 10.2. The summed E-state index contributed by atoms with van der Waals surface area (Å²) in [4.78, 5) is 4.25. The largest absolute Gasteiger partial charge is 0.370 e. The van der Waals surface area contributed by atoms with E-state index in [2.05, 4.69) is 15.6 Å². The molecule has 1 aromatic heterocycles. The summed E-state index contributed by atoms with van der Waals surface area (Å²) in [6, 6.07) is 8.61. The Balaban J connectivity index is 2.20. The minimum Gasteiger partial charge on any atom is -0.370 e. The second-order valence-electron chi connectivity index (χ2n) is 3.72. The molecule has 0 aliphatic rings. The number of pyridine rings is 1. The van der Waals surface area contributed by atoms with Crippen molar-refractivity contribution in [2.24, 2.45) is 0 Å². The average Bonchev–Trinajstić information content (AvgIpc) is 2.28. The number of hydrogen-bond donors (Lipinski definition) is 2. The molecule has 0 unspecified atom stereocenters. The number of rotatable bonds is 4. The maximum atomic E-state index is 13.0. The lowest BCUT2D eigenvalue weighted by atomic mass is 10.3. The molecule has 0 spiro atoms. The fraction of sp³-hybridized carbons (Fsp3) is 0.154. The first-order valence-electron chi connectivity index (χ1n) is 5.61. The highest BCUT2D eigenvalue weighted by Crippen LogP contribution is 2.18. The van der Waals surface area contributed by atoms with E-state index >= 15 is 0 Å². The van der Waals surface area contributed by atoms with Gasteiger partial charge in [0.05, 0.1) is 0 Å². The molecule has 2 aromatic rings. The van der Waals surface area contributed by atoms with Crippen molar-refractivity contribution in [2.45, 2.75) is 6.92 Å². The van der Waals surface area contributed by atoms with Gasteiger partial charge in [0.2, 0.25) is 0 Å². The quantitative estimate of drug-likeness (QED) is 0.870. The lowest BCUT2D eigenvalue weighted by Crippen LogP contribution is -2.01. The summed E-state index contributed by atoms with van der Waals surface area (Å²) in [6.07, 6.45) is 0. The number of hydrogen-bond acceptors (Lipinski definition) is 3. The fourth-order valence-electron chi connectivity index (χ4n) is 1.56. The molecule has 3 nitrogen and oxygen atoms in total. The van der Waals surface area contributed by atoms with Gasteiger partial charge in [-0.25, -0.2) is 13.8 Å². The van der Waals surface area contributed by atoms with E-state index in [9.17, 15) is 8.78 Å². The zero-order valence-electron chi connectivity index (χ0n) is 9.87. The molecule has 0 radical (unpaired) electrons. The van der Waals surface area contributed by atoms with Crippen LogP contribution in [0.5, 0.6) is 0 Å². The van der Waals surface area contributed by atoms with Crippen LogP contribution >= 0.6 is 0 Å². The van der Waals surface area contributed by atoms with Crippen molar-refractivity contribution in [1.29, 1.82) is 0 Å². The van der Waals surface area contributed by atoms with Gasteiger partial charge in [0, 0.05) is 18.3 Å². The van der Waals surface area contributed by atoms with Crippen molar-refractivity contribution in [1.82, 2.24) is 4.98 Å². The van der Waals surface area contributed by atoms with Crippen molar-refractivity contribution in [3.05, 3.63) is 48.0 Å². The number of benzene rings is 1. The molecule has 18 heavy (non-hydrogen) atoms. The van der Waals surface area contributed by atoms with Gasteiger partial charge in [-0.05, 0) is 31.2 Å². The molecule has 2 rings (SSSR count). The van der Waals surface area contributed by atoms with E-state index in [1.165, 1.54) is 12.1 Å². The first-order chi connectivity index (χ1) is 8.67. The Morgan fingerprint density at radius 2 is 1.72 bits per heavy atom. The van der Waals surface area contributed by atoms with Gasteiger partial charge in [-0.15, -0.1) is 0 Å². The molecule has 1 heterocycles. The molecule has 0 aliphatic heterocycles. The highest BCUT2D eigenvalue weighted by atomic mass is 19.1. The number of anilines is 3. The minimum atomic E-state index is -0.625. The van der Waals surface area contributed by atoms with Crippen LogP contribution in [0.1, 0.15) is 6.92 Å². The topological polar surface area (TPSA) is 37.0 Å². The van der Waals surface area contributed by atoms with Crippen molar-refractivity contribution < 1.29 is 8.78 Å². The first-order valence-corrected chi connectivity index (χ1v) is 5.61. The Hall–Kier alpha value is -2.17. The van der Waals surface area contributed by atoms with E-state index in [0.717, 1.165) is 12.6 Å². The Bertz CT molecular complexity index is 523. The Morgan fingerprint density at radius 3 is 2.39 bits per heavy atom. The summed E-state index contributed by atoms with van der Waals surface area (Å²) in [5.74, 6) is -0.0153. The van der Waals surface area contributed by atoms with Gasteiger partial charge in [0.1, 0.15) is 23.3 Å². The molecule has 0 bridgehead atoms. The molecule has 5 heteroatoms. The number of halogens is 2. The molecule has 2 N–H and O–H groups in total. The minimum absolute atomic E-state index is 0.327. The maximum Gasteiger partial charge on any atom is 0.132 e. The molecule has 0 fully saturated rings. The van der Waals surface area contributed by atoms with Crippen LogP contribution < -0.4 is 10.6 Å². The number of nitrogens with one attached hydrogen (secondary N) is 2. The van der Waals surface area contributed by atoms with Crippen LogP contribution in [0.3, 0.4) is 0 Å². The second kappa shape index (κ2) is 5.44. The molecule has 94 valence electrons. The van der Waals surface area contributed by atoms with Gasteiger partial charge >= 0.3 is 0 Å². The zero-order valence-corrected chi connectivity index (χ0v) is 9.87. The van der Waals surface area contributed by atoms with E-state index in [1.807, 2.05) is 19.1 Å². The van der Waals surface area contributed by atoms with E-state index in [0.29, 0.717) is 17.3 Å². The lowest BCUT2D eigenvalue weighted by molar-refractivity contribution is 0.584. The van der Waals surface area contributed by atoms with Crippen LogP contribution in [-0.2, 0) is 0 Å². The second-order valence-corrected chi connectivity index (χ2v) is 3.72. The van der Waals surface area contributed by atoms with E-state index in [1.54, 1.807) is 6.07 Å². The predicted molar refractivity (Wildman–Crippen MR) is 68.0 cm³/mol. The van der Waals surface area contributed by atoms with Crippen LogP contribution in [0.4, 0.5) is 26.1 Å². The smallest absolute Gasteiger partial charge is 0.132 e. The highest BCUT2D eigenvalue weighted by molar-refractivity contribution is 5.58. The average molecular weight is 249 g/mol. The zero-order chi connectivity index (χ0) is 13.0. The summed E-state index contributed by atoms with van der Waals surface area (Å²) < 4.78 is 26.0. The van der Waals surface area contributed by atoms with Crippen LogP contribution in [0.15, 0.2) is 36.4 Å². The van der Waals surface area contributed by atoms with E-state index in [-0.39, 0.29) is 0 Å². The monoisotopic (exact) mass is 249 g/mol. The standard InChI is InChI=1S/C13H13F2N3/c1-2-16-12-4-3-5-13(18-12)17-11-7-9(14)6-10(15)8-11/h3-8H,2H2,1H3,(H2,16,17,18). The van der Waals surface area contributed by atoms with Crippen molar-refractivity contribution in [3.8, 4) is 0 Å².